The normalized spacial score (nSPS) is 9.74. The van der Waals surface area contributed by atoms with Crippen molar-refractivity contribution in [1.29, 1.82) is 0 Å². The van der Waals surface area contributed by atoms with Crippen molar-refractivity contribution < 1.29 is 19.2 Å². The number of carbonyl (C=O) groups is 4. The standard InChI is InChI=1S/C11H11N3.2C10H10O2/c1-8-12-9(2)14-11(13-8)10-6-4-3-5-7-10;1-7(11)9-3-5-10(6-4-9)8(2)12;1-7(11)9-4-3-5-10(6-9)8(2)12/h3-7H,1-2H3;2*3-6H,1-2H3. The molecule has 0 unspecified atom stereocenters. The smallest absolute Gasteiger partial charge is 0.163 e. The summed E-state index contributed by atoms with van der Waals surface area (Å²) in [7, 11) is 0. The first-order valence-corrected chi connectivity index (χ1v) is 12.0. The van der Waals surface area contributed by atoms with Gasteiger partial charge in [-0.1, -0.05) is 72.8 Å². The minimum Gasteiger partial charge on any atom is -0.295 e. The molecule has 4 rings (SSSR count). The van der Waals surface area contributed by atoms with E-state index in [1.807, 2.05) is 44.2 Å². The number of ketones is 4. The zero-order valence-corrected chi connectivity index (χ0v) is 22.5. The summed E-state index contributed by atoms with van der Waals surface area (Å²) in [6.45, 7) is 9.73. The Kier molecular flexibility index (Phi) is 11.0. The molecule has 0 aliphatic carbocycles. The average Bonchev–Trinajstić information content (AvgIpc) is 2.89. The highest BCUT2D eigenvalue weighted by Gasteiger charge is 2.04. The summed E-state index contributed by atoms with van der Waals surface area (Å²) < 4.78 is 0. The zero-order chi connectivity index (χ0) is 28.2. The van der Waals surface area contributed by atoms with Crippen molar-refractivity contribution >= 4 is 23.1 Å². The minimum absolute atomic E-state index is 0.0156. The Morgan fingerprint density at radius 3 is 1.24 bits per heavy atom. The fourth-order valence-corrected chi connectivity index (χ4v) is 3.23. The topological polar surface area (TPSA) is 107 Å². The summed E-state index contributed by atoms with van der Waals surface area (Å²) in [4.78, 5) is 56.2. The highest BCUT2D eigenvalue weighted by atomic mass is 16.1. The van der Waals surface area contributed by atoms with Crippen LogP contribution >= 0.6 is 0 Å². The third kappa shape index (κ3) is 9.43. The van der Waals surface area contributed by atoms with Crippen LogP contribution in [0.3, 0.4) is 0 Å². The van der Waals surface area contributed by atoms with E-state index in [1.165, 1.54) is 27.7 Å². The summed E-state index contributed by atoms with van der Waals surface area (Å²) >= 11 is 0. The molecule has 0 aliphatic rings. The number of carbonyl (C=O) groups excluding carboxylic acids is 4. The molecule has 0 saturated carbocycles. The van der Waals surface area contributed by atoms with E-state index in [4.69, 9.17) is 0 Å². The summed E-state index contributed by atoms with van der Waals surface area (Å²) in [6, 6.07) is 23.3. The summed E-state index contributed by atoms with van der Waals surface area (Å²) in [5.41, 5.74) is 3.48. The zero-order valence-electron chi connectivity index (χ0n) is 22.5. The number of nitrogens with zero attached hydrogens (tertiary/aromatic N) is 3. The van der Waals surface area contributed by atoms with Crippen molar-refractivity contribution in [2.75, 3.05) is 0 Å². The molecule has 7 nitrogen and oxygen atoms in total. The first kappa shape index (κ1) is 29.6. The largest absolute Gasteiger partial charge is 0.295 e. The molecule has 38 heavy (non-hydrogen) atoms. The molecule has 7 heteroatoms. The van der Waals surface area contributed by atoms with Gasteiger partial charge in [-0.2, -0.15) is 0 Å². The first-order valence-electron chi connectivity index (χ1n) is 12.0. The van der Waals surface area contributed by atoms with Crippen molar-refractivity contribution in [3.05, 3.63) is 113 Å². The average molecular weight is 510 g/mol. The highest BCUT2D eigenvalue weighted by Crippen LogP contribution is 2.13. The number of Topliss-reactive ketones (excluding diaryl/α,β-unsaturated/α-hetero) is 4. The van der Waals surface area contributed by atoms with E-state index < -0.39 is 0 Å². The molecule has 0 atom stereocenters. The molecule has 1 aromatic heterocycles. The lowest BCUT2D eigenvalue weighted by Crippen LogP contribution is -1.98. The van der Waals surface area contributed by atoms with Gasteiger partial charge >= 0.3 is 0 Å². The van der Waals surface area contributed by atoms with Gasteiger partial charge in [-0.15, -0.1) is 0 Å². The lowest BCUT2D eigenvalue weighted by Gasteiger charge is -2.01. The van der Waals surface area contributed by atoms with E-state index in [2.05, 4.69) is 15.0 Å². The molecule has 0 N–H and O–H groups in total. The minimum atomic E-state index is -0.0156. The number of hydrogen-bond acceptors (Lipinski definition) is 7. The van der Waals surface area contributed by atoms with Crippen molar-refractivity contribution in [2.24, 2.45) is 0 Å². The van der Waals surface area contributed by atoms with Gasteiger partial charge in [0.15, 0.2) is 29.0 Å². The van der Waals surface area contributed by atoms with Gasteiger partial charge in [-0.25, -0.2) is 15.0 Å². The number of rotatable bonds is 5. The number of benzene rings is 3. The monoisotopic (exact) mass is 509 g/mol. The molecular weight excluding hydrogens is 478 g/mol. The van der Waals surface area contributed by atoms with Crippen LogP contribution in [0.4, 0.5) is 0 Å². The van der Waals surface area contributed by atoms with Crippen LogP contribution in [0, 0.1) is 13.8 Å². The molecule has 4 aromatic rings. The second-order valence-corrected chi connectivity index (χ2v) is 8.50. The molecule has 1 heterocycles. The van der Waals surface area contributed by atoms with Crippen LogP contribution in [-0.2, 0) is 0 Å². The third-order valence-electron chi connectivity index (χ3n) is 5.26. The summed E-state index contributed by atoms with van der Waals surface area (Å²) in [5, 5.41) is 0. The van der Waals surface area contributed by atoms with E-state index in [0.717, 1.165) is 23.0 Å². The molecule has 0 spiro atoms. The van der Waals surface area contributed by atoms with Crippen LogP contribution in [0.1, 0.15) is 80.8 Å². The predicted molar refractivity (Wildman–Crippen MR) is 148 cm³/mol. The Hall–Kier alpha value is -4.65. The number of aryl methyl sites for hydroxylation is 2. The van der Waals surface area contributed by atoms with Crippen LogP contribution in [0.2, 0.25) is 0 Å². The molecule has 0 aliphatic heterocycles. The lowest BCUT2D eigenvalue weighted by atomic mass is 10.1. The molecular formula is C31H31N3O4. The maximum Gasteiger partial charge on any atom is 0.163 e. The van der Waals surface area contributed by atoms with Gasteiger partial charge in [0.2, 0.25) is 0 Å². The van der Waals surface area contributed by atoms with Crippen molar-refractivity contribution in [3.8, 4) is 11.4 Å². The number of aromatic nitrogens is 3. The van der Waals surface area contributed by atoms with Crippen LogP contribution in [0.15, 0.2) is 78.9 Å². The van der Waals surface area contributed by atoms with E-state index in [-0.39, 0.29) is 23.1 Å². The second-order valence-electron chi connectivity index (χ2n) is 8.50. The van der Waals surface area contributed by atoms with Gasteiger partial charge in [0.1, 0.15) is 11.6 Å². The fourth-order valence-electron chi connectivity index (χ4n) is 3.23. The van der Waals surface area contributed by atoms with Gasteiger partial charge < -0.3 is 0 Å². The molecule has 0 radical (unpaired) electrons. The summed E-state index contributed by atoms with van der Waals surface area (Å²) in [5.74, 6) is 2.27. The Labute approximate surface area is 223 Å². The van der Waals surface area contributed by atoms with Gasteiger partial charge in [0.25, 0.3) is 0 Å². The molecule has 194 valence electrons. The maximum atomic E-state index is 10.9. The van der Waals surface area contributed by atoms with Crippen LogP contribution < -0.4 is 0 Å². The molecule has 0 saturated heterocycles. The molecule has 0 amide bonds. The van der Waals surface area contributed by atoms with Gasteiger partial charge in [0.05, 0.1) is 0 Å². The third-order valence-corrected chi connectivity index (χ3v) is 5.26. The van der Waals surface area contributed by atoms with E-state index in [9.17, 15) is 19.2 Å². The Balaban J connectivity index is 0.000000201. The van der Waals surface area contributed by atoms with Crippen LogP contribution in [0.5, 0.6) is 0 Å². The Morgan fingerprint density at radius 1 is 0.474 bits per heavy atom. The van der Waals surface area contributed by atoms with Gasteiger partial charge in [0, 0.05) is 27.8 Å². The SMILES string of the molecule is CC(=O)c1ccc(C(C)=O)cc1.CC(=O)c1cccc(C(C)=O)c1.Cc1nc(C)nc(-c2ccccc2)n1. The first-order chi connectivity index (χ1) is 18.0. The lowest BCUT2D eigenvalue weighted by molar-refractivity contribution is 0.100. The van der Waals surface area contributed by atoms with Crippen molar-refractivity contribution in [3.63, 3.8) is 0 Å². The summed E-state index contributed by atoms with van der Waals surface area (Å²) in [6.07, 6.45) is 0. The van der Waals surface area contributed by atoms with Crippen molar-refractivity contribution in [1.82, 2.24) is 15.0 Å². The second kappa shape index (κ2) is 14.2. The Morgan fingerprint density at radius 2 is 0.868 bits per heavy atom. The van der Waals surface area contributed by atoms with Crippen molar-refractivity contribution in [2.45, 2.75) is 41.5 Å². The Bertz CT molecular complexity index is 1350. The maximum absolute atomic E-state index is 10.9. The predicted octanol–water partition coefficient (Wildman–Crippen LogP) is 6.34. The van der Waals surface area contributed by atoms with E-state index in [0.29, 0.717) is 22.3 Å². The number of hydrogen-bond donors (Lipinski definition) is 0. The molecule has 0 fully saturated rings. The van der Waals surface area contributed by atoms with Gasteiger partial charge in [-0.05, 0) is 47.6 Å². The van der Waals surface area contributed by atoms with Crippen LogP contribution in [-0.4, -0.2) is 38.1 Å². The van der Waals surface area contributed by atoms with Crippen LogP contribution in [0.25, 0.3) is 11.4 Å². The van der Waals surface area contributed by atoms with E-state index >= 15 is 0 Å². The van der Waals surface area contributed by atoms with E-state index in [1.54, 1.807) is 48.5 Å². The molecule has 3 aromatic carbocycles. The highest BCUT2D eigenvalue weighted by molar-refractivity contribution is 5.99. The quantitative estimate of drug-likeness (QED) is 0.289. The fraction of sp³-hybridized carbons (Fsp3) is 0.194. The molecule has 0 bridgehead atoms. The van der Waals surface area contributed by atoms with Gasteiger partial charge in [-0.3, -0.25) is 19.2 Å².